The number of pyridine rings is 1. The number of rotatable bonds is 10. The van der Waals surface area contributed by atoms with Crippen LogP contribution in [0.25, 0.3) is 0 Å². The first-order valence-corrected chi connectivity index (χ1v) is 14.0. The van der Waals surface area contributed by atoms with Crippen molar-refractivity contribution in [2.45, 2.75) is 85.5 Å². The molecule has 2 fully saturated rings. The summed E-state index contributed by atoms with van der Waals surface area (Å²) in [6, 6.07) is 11.8. The predicted octanol–water partition coefficient (Wildman–Crippen LogP) is 7.29. The van der Waals surface area contributed by atoms with Gasteiger partial charge in [-0.2, -0.15) is 5.26 Å². The summed E-state index contributed by atoms with van der Waals surface area (Å²) in [4.78, 5) is 20.3. The largest absolute Gasteiger partial charge is 0.371 e. The Morgan fingerprint density at radius 3 is 2.69 bits per heavy atom. The van der Waals surface area contributed by atoms with Crippen molar-refractivity contribution in [3.8, 4) is 6.07 Å². The SMILES string of the molecule is CCc1ccc(C(=O)Nc2ccc(C#N)c(C)n2)c(N2CCC3(CC3)C(CCCCC(C)CC)C2)c1. The molecule has 2 atom stereocenters. The average molecular weight is 487 g/mol. The normalized spacial score (nSPS) is 19.1. The molecule has 1 aromatic carbocycles. The lowest BCUT2D eigenvalue weighted by Gasteiger charge is -2.41. The Hall–Kier alpha value is -2.87. The smallest absolute Gasteiger partial charge is 0.258 e. The second-order valence-electron chi connectivity index (χ2n) is 11.2. The number of hydrogen-bond acceptors (Lipinski definition) is 4. The number of hydrogen-bond donors (Lipinski definition) is 1. The van der Waals surface area contributed by atoms with Crippen molar-refractivity contribution in [3.05, 3.63) is 52.7 Å². The number of carbonyl (C=O) groups is 1. The minimum absolute atomic E-state index is 0.138. The predicted molar refractivity (Wildman–Crippen MR) is 147 cm³/mol. The Morgan fingerprint density at radius 2 is 2.03 bits per heavy atom. The molecule has 5 nitrogen and oxygen atoms in total. The Morgan fingerprint density at radius 1 is 1.22 bits per heavy atom. The van der Waals surface area contributed by atoms with Gasteiger partial charge in [0.25, 0.3) is 5.91 Å². The van der Waals surface area contributed by atoms with Gasteiger partial charge in [-0.05, 0) is 86.1 Å². The van der Waals surface area contributed by atoms with Crippen LogP contribution in [0, 0.1) is 35.5 Å². The van der Waals surface area contributed by atoms with Crippen LogP contribution in [0.4, 0.5) is 11.5 Å². The van der Waals surface area contributed by atoms with E-state index < -0.39 is 0 Å². The molecule has 2 aromatic rings. The molecule has 1 saturated carbocycles. The van der Waals surface area contributed by atoms with E-state index >= 15 is 0 Å². The van der Waals surface area contributed by atoms with Gasteiger partial charge in [0, 0.05) is 18.8 Å². The van der Waals surface area contributed by atoms with Gasteiger partial charge in [0.05, 0.1) is 16.8 Å². The Balaban J connectivity index is 1.51. The zero-order chi connectivity index (χ0) is 25.7. The molecule has 36 heavy (non-hydrogen) atoms. The quantitative estimate of drug-likeness (QED) is 0.358. The summed E-state index contributed by atoms with van der Waals surface area (Å²) < 4.78 is 0. The van der Waals surface area contributed by atoms with Gasteiger partial charge < -0.3 is 10.2 Å². The second kappa shape index (κ2) is 11.5. The van der Waals surface area contributed by atoms with Crippen LogP contribution in [0.15, 0.2) is 30.3 Å². The third-order valence-electron chi connectivity index (χ3n) is 8.78. The van der Waals surface area contributed by atoms with E-state index in [1.165, 1.54) is 56.9 Å². The molecule has 0 radical (unpaired) electrons. The van der Waals surface area contributed by atoms with Crippen LogP contribution in [0.1, 0.15) is 99.3 Å². The zero-order valence-corrected chi connectivity index (χ0v) is 22.6. The molecule has 1 N–H and O–H groups in total. The maximum atomic E-state index is 13.4. The lowest BCUT2D eigenvalue weighted by atomic mass is 9.78. The van der Waals surface area contributed by atoms with E-state index in [1.807, 2.05) is 6.07 Å². The summed E-state index contributed by atoms with van der Waals surface area (Å²) in [6.45, 7) is 10.7. The molecule has 2 unspecified atom stereocenters. The number of amides is 1. The molecule has 2 heterocycles. The Labute approximate surface area is 217 Å². The fourth-order valence-corrected chi connectivity index (χ4v) is 5.82. The summed E-state index contributed by atoms with van der Waals surface area (Å²) in [5.41, 5.74) is 4.72. The molecule has 1 saturated heterocycles. The first kappa shape index (κ1) is 26.2. The van der Waals surface area contributed by atoms with Crippen LogP contribution >= 0.6 is 0 Å². The first-order chi connectivity index (χ1) is 17.4. The van der Waals surface area contributed by atoms with Crippen LogP contribution in [-0.4, -0.2) is 24.0 Å². The number of benzene rings is 1. The number of anilines is 2. The van der Waals surface area contributed by atoms with E-state index in [4.69, 9.17) is 0 Å². The second-order valence-corrected chi connectivity index (χ2v) is 11.2. The fourth-order valence-electron chi connectivity index (χ4n) is 5.82. The molecular weight excluding hydrogens is 444 g/mol. The summed E-state index contributed by atoms with van der Waals surface area (Å²) in [5.74, 6) is 1.89. The molecule has 2 aliphatic rings. The van der Waals surface area contributed by atoms with Crippen molar-refractivity contribution in [1.82, 2.24) is 4.98 Å². The van der Waals surface area contributed by atoms with Gasteiger partial charge in [0.1, 0.15) is 11.9 Å². The van der Waals surface area contributed by atoms with Crippen LogP contribution in [0.5, 0.6) is 0 Å². The fraction of sp³-hybridized carbons (Fsp3) is 0.581. The van der Waals surface area contributed by atoms with Gasteiger partial charge >= 0.3 is 0 Å². The summed E-state index contributed by atoms with van der Waals surface area (Å²) in [7, 11) is 0. The van der Waals surface area contributed by atoms with Crippen molar-refractivity contribution in [2.24, 2.45) is 17.3 Å². The third-order valence-corrected chi connectivity index (χ3v) is 8.78. The highest BCUT2D eigenvalue weighted by molar-refractivity contribution is 6.08. The number of nitriles is 1. The standard InChI is InChI=1S/C31H42N4O/c1-5-22(3)9-7-8-10-26-21-35(18-17-31(26)15-16-31)28-19-24(6-2)11-13-27(28)30(36)34-29-14-12-25(20-32)23(4)33-29/h11-14,19,22,26H,5-10,15-18,21H2,1-4H3,(H,33,34,36). The number of unbranched alkanes of at least 4 members (excludes halogenated alkanes) is 1. The van der Waals surface area contributed by atoms with E-state index in [9.17, 15) is 10.1 Å². The van der Waals surface area contributed by atoms with Crippen molar-refractivity contribution in [3.63, 3.8) is 0 Å². The van der Waals surface area contributed by atoms with Crippen molar-refractivity contribution in [1.29, 1.82) is 5.26 Å². The van der Waals surface area contributed by atoms with Crippen molar-refractivity contribution >= 4 is 17.4 Å². The number of piperidine rings is 1. The first-order valence-electron chi connectivity index (χ1n) is 14.0. The van der Waals surface area contributed by atoms with Gasteiger partial charge in [-0.3, -0.25) is 4.79 Å². The highest BCUT2D eigenvalue weighted by atomic mass is 16.1. The number of aromatic nitrogens is 1. The van der Waals surface area contributed by atoms with Gasteiger partial charge in [0.2, 0.25) is 0 Å². The molecule has 1 amide bonds. The summed E-state index contributed by atoms with van der Waals surface area (Å²) >= 11 is 0. The third kappa shape index (κ3) is 5.91. The van der Waals surface area contributed by atoms with Gasteiger partial charge in [-0.15, -0.1) is 0 Å². The lowest BCUT2D eigenvalue weighted by Crippen LogP contribution is -2.42. The number of nitrogens with one attached hydrogen (secondary N) is 1. The van der Waals surface area contributed by atoms with Crippen LogP contribution < -0.4 is 10.2 Å². The molecule has 5 heteroatoms. The highest BCUT2D eigenvalue weighted by Crippen LogP contribution is 2.58. The molecule has 192 valence electrons. The lowest BCUT2D eigenvalue weighted by molar-refractivity contribution is 0.102. The topological polar surface area (TPSA) is 69.0 Å². The number of carbonyl (C=O) groups excluding carboxylic acids is 1. The van der Waals surface area contributed by atoms with E-state index in [0.29, 0.717) is 34.0 Å². The zero-order valence-electron chi connectivity index (χ0n) is 22.6. The summed E-state index contributed by atoms with van der Waals surface area (Å²) in [6.07, 6.45) is 11.5. The minimum Gasteiger partial charge on any atom is -0.371 e. The maximum Gasteiger partial charge on any atom is 0.258 e. The minimum atomic E-state index is -0.138. The van der Waals surface area contributed by atoms with E-state index in [0.717, 1.165) is 31.1 Å². The number of aryl methyl sites for hydroxylation is 2. The monoisotopic (exact) mass is 486 g/mol. The van der Waals surface area contributed by atoms with Gasteiger partial charge in [0.15, 0.2) is 0 Å². The van der Waals surface area contributed by atoms with Crippen LogP contribution in [0.2, 0.25) is 0 Å². The molecule has 1 spiro atoms. The average Bonchev–Trinajstić information content (AvgIpc) is 3.67. The van der Waals surface area contributed by atoms with Crippen molar-refractivity contribution in [2.75, 3.05) is 23.3 Å². The Bertz CT molecular complexity index is 1110. The molecule has 0 bridgehead atoms. The van der Waals surface area contributed by atoms with Crippen LogP contribution in [-0.2, 0) is 6.42 Å². The number of nitrogens with zero attached hydrogens (tertiary/aromatic N) is 3. The van der Waals surface area contributed by atoms with Crippen molar-refractivity contribution < 1.29 is 4.79 Å². The molecule has 1 aromatic heterocycles. The van der Waals surface area contributed by atoms with E-state index in [-0.39, 0.29) is 5.91 Å². The Kier molecular flexibility index (Phi) is 8.34. The van der Waals surface area contributed by atoms with Gasteiger partial charge in [-0.25, -0.2) is 4.98 Å². The maximum absolute atomic E-state index is 13.4. The molecule has 1 aliphatic heterocycles. The summed E-state index contributed by atoms with van der Waals surface area (Å²) in [5, 5.41) is 12.2. The molecular formula is C31H42N4O. The van der Waals surface area contributed by atoms with E-state index in [1.54, 1.807) is 19.1 Å². The molecule has 1 aliphatic carbocycles. The highest BCUT2D eigenvalue weighted by Gasteiger charge is 2.51. The van der Waals surface area contributed by atoms with Gasteiger partial charge in [-0.1, -0.05) is 52.5 Å². The van der Waals surface area contributed by atoms with E-state index in [2.05, 4.69) is 54.2 Å². The van der Waals surface area contributed by atoms with Crippen LogP contribution in [0.3, 0.4) is 0 Å². The molecule has 4 rings (SSSR count).